The van der Waals surface area contributed by atoms with Crippen LogP contribution < -0.4 is 15.0 Å². The Bertz CT molecular complexity index is 980. The fourth-order valence-electron chi connectivity index (χ4n) is 3.14. The van der Waals surface area contributed by atoms with Crippen molar-refractivity contribution in [2.45, 2.75) is 46.3 Å². The second-order valence-corrected chi connectivity index (χ2v) is 8.04. The van der Waals surface area contributed by atoms with Crippen LogP contribution >= 0.6 is 0 Å². The van der Waals surface area contributed by atoms with Crippen molar-refractivity contribution in [3.05, 3.63) is 53.6 Å². The van der Waals surface area contributed by atoms with Crippen molar-refractivity contribution in [1.29, 1.82) is 0 Å². The van der Waals surface area contributed by atoms with Crippen LogP contribution in [-0.4, -0.2) is 36.0 Å². The molecule has 7 heteroatoms. The van der Waals surface area contributed by atoms with Crippen molar-refractivity contribution in [3.63, 3.8) is 0 Å². The second-order valence-electron chi connectivity index (χ2n) is 8.04. The molecule has 0 aromatic heterocycles. The first-order valence-corrected chi connectivity index (χ1v) is 9.79. The molecule has 1 aliphatic rings. The zero-order valence-electron chi connectivity index (χ0n) is 17.8. The lowest BCUT2D eigenvalue weighted by Crippen LogP contribution is -2.54. The molecule has 1 aliphatic heterocycles. The van der Waals surface area contributed by atoms with Crippen molar-refractivity contribution >= 4 is 29.2 Å². The molecule has 2 aromatic rings. The van der Waals surface area contributed by atoms with Gasteiger partial charge in [0.1, 0.15) is 12.3 Å². The fourth-order valence-corrected chi connectivity index (χ4v) is 3.14. The van der Waals surface area contributed by atoms with Gasteiger partial charge in [0.2, 0.25) is 0 Å². The zero-order chi connectivity index (χ0) is 22.1. The number of carbonyl (C=O) groups excluding carboxylic acids is 3. The maximum atomic E-state index is 12.9. The topological polar surface area (TPSA) is 84.9 Å². The quantitative estimate of drug-likeness (QED) is 0.760. The van der Waals surface area contributed by atoms with Gasteiger partial charge in [0.25, 0.3) is 11.8 Å². The highest BCUT2D eigenvalue weighted by Crippen LogP contribution is 2.38. The van der Waals surface area contributed by atoms with Gasteiger partial charge in [0.15, 0.2) is 5.60 Å². The highest BCUT2D eigenvalue weighted by molar-refractivity contribution is 6.08. The lowest BCUT2D eigenvalue weighted by Gasteiger charge is -2.38. The van der Waals surface area contributed by atoms with E-state index in [9.17, 15) is 14.4 Å². The summed E-state index contributed by atoms with van der Waals surface area (Å²) in [6.45, 7) is 8.45. The third-order valence-corrected chi connectivity index (χ3v) is 4.60. The minimum absolute atomic E-state index is 0.264. The lowest BCUT2D eigenvalue weighted by molar-refractivity contribution is -0.147. The molecule has 0 bridgehead atoms. The highest BCUT2D eigenvalue weighted by Gasteiger charge is 2.42. The monoisotopic (exact) mass is 410 g/mol. The summed E-state index contributed by atoms with van der Waals surface area (Å²) in [6, 6.07) is 12.2. The van der Waals surface area contributed by atoms with Crippen LogP contribution in [-0.2, 0) is 14.3 Å². The Labute approximate surface area is 176 Å². The first-order valence-electron chi connectivity index (χ1n) is 9.79. The third-order valence-electron chi connectivity index (χ3n) is 4.60. The number of nitrogens with one attached hydrogen (secondary N) is 1. The summed E-state index contributed by atoms with van der Waals surface area (Å²) in [7, 11) is 0. The Balaban J connectivity index is 1.90. The van der Waals surface area contributed by atoms with Crippen molar-refractivity contribution in [1.82, 2.24) is 0 Å². The zero-order valence-corrected chi connectivity index (χ0v) is 17.8. The van der Waals surface area contributed by atoms with Gasteiger partial charge >= 0.3 is 5.97 Å². The Kier molecular flexibility index (Phi) is 5.82. The van der Waals surface area contributed by atoms with E-state index in [-0.39, 0.29) is 24.5 Å². The molecule has 0 saturated carbocycles. The number of hydrogen-bond donors (Lipinski definition) is 1. The Morgan fingerprint density at radius 2 is 1.80 bits per heavy atom. The average Bonchev–Trinajstić information content (AvgIpc) is 2.66. The number of fused-ring (bicyclic) bond motifs is 1. The largest absolute Gasteiger partial charge is 0.476 e. The molecule has 0 aliphatic carbocycles. The average molecular weight is 410 g/mol. The molecule has 7 nitrogen and oxygen atoms in total. The normalized spacial score (nSPS) is 14.7. The predicted molar refractivity (Wildman–Crippen MR) is 114 cm³/mol. The third kappa shape index (κ3) is 4.62. The molecule has 0 saturated heterocycles. The summed E-state index contributed by atoms with van der Waals surface area (Å²) in [5.74, 6) is -0.823. The molecule has 0 spiro atoms. The number of esters is 1. The number of benzene rings is 2. The molecule has 1 N–H and O–H groups in total. The number of rotatable bonds is 5. The van der Waals surface area contributed by atoms with Crippen LogP contribution in [0.1, 0.15) is 43.6 Å². The second kappa shape index (κ2) is 8.18. The van der Waals surface area contributed by atoms with Gasteiger partial charge in [-0.15, -0.1) is 0 Å². The molecular formula is C23H26N2O5. The summed E-state index contributed by atoms with van der Waals surface area (Å²) >= 11 is 0. The maximum Gasteiger partial charge on any atom is 0.326 e. The number of aryl methyl sites for hydroxylation is 1. The van der Waals surface area contributed by atoms with Crippen molar-refractivity contribution in [2.75, 3.05) is 16.8 Å². The lowest BCUT2D eigenvalue weighted by atomic mass is 10.0. The van der Waals surface area contributed by atoms with E-state index in [1.165, 1.54) is 4.90 Å². The van der Waals surface area contributed by atoms with Crippen LogP contribution in [0.3, 0.4) is 0 Å². The van der Waals surface area contributed by atoms with Gasteiger partial charge in [0.05, 0.1) is 11.8 Å². The van der Waals surface area contributed by atoms with Gasteiger partial charge in [-0.25, -0.2) is 0 Å². The van der Waals surface area contributed by atoms with E-state index in [1.54, 1.807) is 45.9 Å². The highest BCUT2D eigenvalue weighted by atomic mass is 16.5. The van der Waals surface area contributed by atoms with E-state index in [2.05, 4.69) is 5.32 Å². The van der Waals surface area contributed by atoms with Gasteiger partial charge in [-0.05, 0) is 65.0 Å². The summed E-state index contributed by atoms with van der Waals surface area (Å²) in [5.41, 5.74) is 1.30. The summed E-state index contributed by atoms with van der Waals surface area (Å²) in [5, 5.41) is 2.83. The SMILES string of the molecule is Cc1ccc(NC(=O)c2ccc3c(c2)N(CC(=O)OC(C)C)C(=O)C(C)(C)O3)cc1. The van der Waals surface area contributed by atoms with Crippen molar-refractivity contribution in [2.24, 2.45) is 0 Å². The minimum Gasteiger partial charge on any atom is -0.476 e. The molecule has 30 heavy (non-hydrogen) atoms. The summed E-state index contributed by atoms with van der Waals surface area (Å²) < 4.78 is 11.0. The number of nitrogens with zero attached hydrogens (tertiary/aromatic N) is 1. The van der Waals surface area contributed by atoms with Crippen LogP contribution in [0.4, 0.5) is 11.4 Å². The Morgan fingerprint density at radius 3 is 2.43 bits per heavy atom. The molecule has 2 amide bonds. The fraction of sp³-hybridized carbons (Fsp3) is 0.348. The van der Waals surface area contributed by atoms with E-state index in [0.717, 1.165) is 5.56 Å². The summed E-state index contributed by atoms with van der Waals surface area (Å²) in [6.07, 6.45) is -0.298. The van der Waals surface area contributed by atoms with Crippen LogP contribution in [0.15, 0.2) is 42.5 Å². The van der Waals surface area contributed by atoms with Gasteiger partial charge in [0, 0.05) is 11.3 Å². The van der Waals surface area contributed by atoms with E-state index in [4.69, 9.17) is 9.47 Å². The van der Waals surface area contributed by atoms with Gasteiger partial charge in [-0.1, -0.05) is 17.7 Å². The van der Waals surface area contributed by atoms with E-state index >= 15 is 0 Å². The molecule has 2 aromatic carbocycles. The van der Waals surface area contributed by atoms with E-state index in [0.29, 0.717) is 22.7 Å². The first kappa shape index (κ1) is 21.4. The molecule has 1 heterocycles. The smallest absolute Gasteiger partial charge is 0.326 e. The predicted octanol–water partition coefficient (Wildman–Crippen LogP) is 3.70. The van der Waals surface area contributed by atoms with Gasteiger partial charge in [-0.2, -0.15) is 0 Å². The van der Waals surface area contributed by atoms with Crippen LogP contribution in [0.5, 0.6) is 5.75 Å². The van der Waals surface area contributed by atoms with Crippen LogP contribution in [0.25, 0.3) is 0 Å². The number of amides is 2. The molecular weight excluding hydrogens is 384 g/mol. The summed E-state index contributed by atoms with van der Waals surface area (Å²) in [4.78, 5) is 39.2. The van der Waals surface area contributed by atoms with Crippen molar-refractivity contribution < 1.29 is 23.9 Å². The van der Waals surface area contributed by atoms with Gasteiger partial charge < -0.3 is 14.8 Å². The van der Waals surface area contributed by atoms with Crippen LogP contribution in [0.2, 0.25) is 0 Å². The van der Waals surface area contributed by atoms with E-state index < -0.39 is 11.6 Å². The minimum atomic E-state index is -1.14. The first-order chi connectivity index (χ1) is 14.1. The molecule has 3 rings (SSSR count). The number of carbonyl (C=O) groups is 3. The Hall–Kier alpha value is -3.35. The van der Waals surface area contributed by atoms with E-state index in [1.807, 2.05) is 31.2 Å². The molecule has 0 radical (unpaired) electrons. The molecule has 0 atom stereocenters. The number of anilines is 2. The number of ether oxygens (including phenoxy) is 2. The molecule has 0 unspecified atom stereocenters. The van der Waals surface area contributed by atoms with Gasteiger partial charge in [-0.3, -0.25) is 19.3 Å². The number of hydrogen-bond acceptors (Lipinski definition) is 5. The van der Waals surface area contributed by atoms with Crippen molar-refractivity contribution in [3.8, 4) is 5.75 Å². The Morgan fingerprint density at radius 1 is 1.13 bits per heavy atom. The molecule has 0 fully saturated rings. The maximum absolute atomic E-state index is 12.9. The molecule has 158 valence electrons. The van der Waals surface area contributed by atoms with Crippen LogP contribution in [0, 0.1) is 6.92 Å². The standard InChI is InChI=1S/C23H26N2O5/c1-14(2)29-20(26)13-25-18-12-16(8-11-19(18)30-23(4,5)22(25)28)21(27)24-17-9-6-15(3)7-10-17/h6-12,14H,13H2,1-5H3,(H,24,27).